The SMILES string of the molecule is O=C(Nc1cnn(-c2cccc(C(F)(F)F)c2)c1)NC1CCC(C(=O)O)CC1. The molecule has 0 atom stereocenters. The molecule has 0 unspecified atom stereocenters. The topological polar surface area (TPSA) is 96.3 Å². The molecular formula is C18H19F3N4O3. The third kappa shape index (κ3) is 4.81. The minimum Gasteiger partial charge on any atom is -0.481 e. The number of hydrogen-bond acceptors (Lipinski definition) is 3. The number of aromatic nitrogens is 2. The van der Waals surface area contributed by atoms with Crippen LogP contribution in [0.15, 0.2) is 36.7 Å². The molecule has 3 rings (SSSR count). The maximum atomic E-state index is 12.8. The third-order valence-corrected chi connectivity index (χ3v) is 4.69. The lowest BCUT2D eigenvalue weighted by Gasteiger charge is -2.26. The third-order valence-electron chi connectivity index (χ3n) is 4.69. The molecular weight excluding hydrogens is 377 g/mol. The highest BCUT2D eigenvalue weighted by atomic mass is 19.4. The number of hydrogen-bond donors (Lipinski definition) is 3. The fraction of sp³-hybridized carbons (Fsp3) is 0.389. The summed E-state index contributed by atoms with van der Waals surface area (Å²) in [6.45, 7) is 0. The van der Waals surface area contributed by atoms with Crippen LogP contribution in [0.4, 0.5) is 23.7 Å². The second-order valence-electron chi connectivity index (χ2n) is 6.71. The molecule has 2 aromatic rings. The van der Waals surface area contributed by atoms with Gasteiger partial charge in [-0.15, -0.1) is 0 Å². The summed E-state index contributed by atoms with van der Waals surface area (Å²) in [4.78, 5) is 23.1. The highest BCUT2D eigenvalue weighted by Crippen LogP contribution is 2.30. The Bertz CT molecular complexity index is 858. The first-order chi connectivity index (χ1) is 13.2. The number of nitrogens with zero attached hydrogens (tertiary/aromatic N) is 2. The summed E-state index contributed by atoms with van der Waals surface area (Å²) in [5.74, 6) is -1.18. The van der Waals surface area contributed by atoms with E-state index in [2.05, 4.69) is 15.7 Å². The van der Waals surface area contributed by atoms with Crippen LogP contribution in [0.3, 0.4) is 0 Å². The molecule has 1 aliphatic rings. The highest BCUT2D eigenvalue weighted by Gasteiger charge is 2.30. The van der Waals surface area contributed by atoms with E-state index in [1.165, 1.54) is 29.2 Å². The van der Waals surface area contributed by atoms with Gasteiger partial charge >= 0.3 is 18.2 Å². The average Bonchev–Trinajstić information content (AvgIpc) is 3.10. The van der Waals surface area contributed by atoms with Crippen LogP contribution in [0, 0.1) is 5.92 Å². The number of halogens is 3. The van der Waals surface area contributed by atoms with Crippen molar-refractivity contribution in [1.82, 2.24) is 15.1 Å². The Kier molecular flexibility index (Phi) is 5.57. The molecule has 10 heteroatoms. The van der Waals surface area contributed by atoms with Gasteiger partial charge in [0.1, 0.15) is 0 Å². The van der Waals surface area contributed by atoms with Gasteiger partial charge in [-0.1, -0.05) is 6.07 Å². The first-order valence-electron chi connectivity index (χ1n) is 8.75. The van der Waals surface area contributed by atoms with E-state index in [-0.39, 0.29) is 17.6 Å². The van der Waals surface area contributed by atoms with E-state index in [1.807, 2.05) is 0 Å². The lowest BCUT2D eigenvalue weighted by molar-refractivity contribution is -0.143. The molecule has 0 aliphatic heterocycles. The zero-order chi connectivity index (χ0) is 20.3. The number of carbonyl (C=O) groups is 2. The fourth-order valence-corrected chi connectivity index (χ4v) is 3.19. The molecule has 28 heavy (non-hydrogen) atoms. The molecule has 1 aliphatic carbocycles. The first-order valence-corrected chi connectivity index (χ1v) is 8.75. The summed E-state index contributed by atoms with van der Waals surface area (Å²) in [7, 11) is 0. The molecule has 0 spiro atoms. The standard InChI is InChI=1S/C18H19F3N4O3/c19-18(20,21)12-2-1-3-15(8-12)25-10-14(9-22-25)24-17(28)23-13-6-4-11(5-7-13)16(26)27/h1-3,8-11,13H,4-7H2,(H,26,27)(H2,23,24,28). The summed E-state index contributed by atoms with van der Waals surface area (Å²) in [6.07, 6.45) is 0.463. The van der Waals surface area contributed by atoms with Gasteiger partial charge in [-0.3, -0.25) is 4.79 Å². The van der Waals surface area contributed by atoms with Gasteiger partial charge in [-0.2, -0.15) is 18.3 Å². The fourth-order valence-electron chi connectivity index (χ4n) is 3.19. The zero-order valence-electron chi connectivity index (χ0n) is 14.7. The van der Waals surface area contributed by atoms with E-state index in [0.717, 1.165) is 12.1 Å². The Morgan fingerprint density at radius 1 is 1.18 bits per heavy atom. The van der Waals surface area contributed by atoms with Crippen LogP contribution in [0.25, 0.3) is 5.69 Å². The van der Waals surface area contributed by atoms with Crippen molar-refractivity contribution in [2.75, 3.05) is 5.32 Å². The maximum Gasteiger partial charge on any atom is 0.416 e. The highest BCUT2D eigenvalue weighted by molar-refractivity contribution is 5.89. The van der Waals surface area contributed by atoms with Crippen molar-refractivity contribution in [3.63, 3.8) is 0 Å². The molecule has 1 fully saturated rings. The molecule has 3 N–H and O–H groups in total. The van der Waals surface area contributed by atoms with E-state index >= 15 is 0 Å². The Morgan fingerprint density at radius 3 is 2.54 bits per heavy atom. The van der Waals surface area contributed by atoms with Crippen molar-refractivity contribution < 1.29 is 27.9 Å². The Balaban J connectivity index is 1.58. The molecule has 2 amide bonds. The predicted molar refractivity (Wildman–Crippen MR) is 94.1 cm³/mol. The number of amides is 2. The minimum atomic E-state index is -4.45. The van der Waals surface area contributed by atoms with Gasteiger partial charge in [0.2, 0.25) is 0 Å². The van der Waals surface area contributed by atoms with Gasteiger partial charge in [0.25, 0.3) is 0 Å². The maximum absolute atomic E-state index is 12.8. The number of alkyl halides is 3. The monoisotopic (exact) mass is 396 g/mol. The summed E-state index contributed by atoms with van der Waals surface area (Å²) < 4.78 is 39.7. The van der Waals surface area contributed by atoms with E-state index in [4.69, 9.17) is 5.11 Å². The van der Waals surface area contributed by atoms with E-state index in [1.54, 1.807) is 0 Å². The van der Waals surface area contributed by atoms with Gasteiger partial charge < -0.3 is 15.7 Å². The van der Waals surface area contributed by atoms with Crippen LogP contribution in [-0.4, -0.2) is 32.9 Å². The molecule has 0 bridgehead atoms. The van der Waals surface area contributed by atoms with E-state index in [9.17, 15) is 22.8 Å². The van der Waals surface area contributed by atoms with Crippen molar-refractivity contribution in [1.29, 1.82) is 0 Å². The normalized spacial score (nSPS) is 19.8. The summed E-state index contributed by atoms with van der Waals surface area (Å²) in [5.41, 5.74) is -0.242. The van der Waals surface area contributed by atoms with Gasteiger partial charge in [-0.25, -0.2) is 9.48 Å². The van der Waals surface area contributed by atoms with Crippen LogP contribution >= 0.6 is 0 Å². The molecule has 1 heterocycles. The molecule has 0 saturated heterocycles. The second-order valence-corrected chi connectivity index (χ2v) is 6.71. The summed E-state index contributed by atoms with van der Waals surface area (Å²) in [5, 5.41) is 18.3. The molecule has 0 radical (unpaired) electrons. The number of carboxylic acids is 1. The Labute approximate surface area is 158 Å². The van der Waals surface area contributed by atoms with Crippen LogP contribution in [0.1, 0.15) is 31.2 Å². The number of nitrogens with one attached hydrogen (secondary N) is 2. The molecule has 1 aromatic carbocycles. The van der Waals surface area contributed by atoms with Crippen molar-refractivity contribution >= 4 is 17.7 Å². The number of rotatable bonds is 4. The van der Waals surface area contributed by atoms with Gasteiger partial charge in [-0.05, 0) is 43.9 Å². The molecule has 7 nitrogen and oxygen atoms in total. The van der Waals surface area contributed by atoms with Crippen molar-refractivity contribution in [3.8, 4) is 5.69 Å². The van der Waals surface area contributed by atoms with Crippen LogP contribution in [0.5, 0.6) is 0 Å². The lowest BCUT2D eigenvalue weighted by atomic mass is 9.86. The Hall–Kier alpha value is -3.04. The summed E-state index contributed by atoms with van der Waals surface area (Å²) in [6, 6.07) is 4.12. The van der Waals surface area contributed by atoms with Crippen LogP contribution in [0.2, 0.25) is 0 Å². The van der Waals surface area contributed by atoms with Gasteiger partial charge in [0.15, 0.2) is 0 Å². The second kappa shape index (κ2) is 7.91. The zero-order valence-corrected chi connectivity index (χ0v) is 14.7. The number of carbonyl (C=O) groups excluding carboxylic acids is 1. The summed E-state index contributed by atoms with van der Waals surface area (Å²) >= 11 is 0. The first kappa shape index (κ1) is 19.7. The van der Waals surface area contributed by atoms with Crippen LogP contribution in [-0.2, 0) is 11.0 Å². The molecule has 1 saturated carbocycles. The number of benzene rings is 1. The van der Waals surface area contributed by atoms with Gasteiger partial charge in [0.05, 0.1) is 35.2 Å². The quantitative estimate of drug-likeness (QED) is 0.735. The van der Waals surface area contributed by atoms with E-state index < -0.39 is 23.7 Å². The molecule has 150 valence electrons. The number of aliphatic carboxylic acids is 1. The lowest BCUT2D eigenvalue weighted by Crippen LogP contribution is -2.40. The Morgan fingerprint density at radius 2 is 1.89 bits per heavy atom. The van der Waals surface area contributed by atoms with Crippen LogP contribution < -0.4 is 10.6 Å². The molecule has 1 aromatic heterocycles. The van der Waals surface area contributed by atoms with Crippen molar-refractivity contribution in [2.45, 2.75) is 37.9 Å². The number of urea groups is 1. The smallest absolute Gasteiger partial charge is 0.416 e. The van der Waals surface area contributed by atoms with E-state index in [0.29, 0.717) is 31.4 Å². The minimum absolute atomic E-state index is 0.117. The van der Waals surface area contributed by atoms with Gasteiger partial charge in [0, 0.05) is 6.04 Å². The predicted octanol–water partition coefficient (Wildman–Crippen LogP) is 3.66. The number of anilines is 1. The number of carboxylic acid groups (broad SMARTS) is 1. The van der Waals surface area contributed by atoms with Crippen molar-refractivity contribution in [3.05, 3.63) is 42.2 Å². The largest absolute Gasteiger partial charge is 0.481 e. The van der Waals surface area contributed by atoms with Crippen molar-refractivity contribution in [2.24, 2.45) is 5.92 Å². The average molecular weight is 396 g/mol.